The number of pyridine rings is 1. The predicted molar refractivity (Wildman–Crippen MR) is 68.5 cm³/mol. The van der Waals surface area contributed by atoms with E-state index in [1.807, 2.05) is 4.90 Å². The van der Waals surface area contributed by atoms with Crippen molar-refractivity contribution in [3.63, 3.8) is 0 Å². The summed E-state index contributed by atoms with van der Waals surface area (Å²) >= 11 is 0. The molecular weight excluding hydrogens is 216 g/mol. The summed E-state index contributed by atoms with van der Waals surface area (Å²) in [4.78, 5) is 18.1. The van der Waals surface area contributed by atoms with Crippen LogP contribution in [0.4, 0.5) is 5.82 Å². The number of hydrazine groups is 1. The van der Waals surface area contributed by atoms with Crippen molar-refractivity contribution in [1.82, 2.24) is 9.88 Å². The fourth-order valence-corrected chi connectivity index (χ4v) is 1.68. The smallest absolute Gasteiger partial charge is 0.254 e. The van der Waals surface area contributed by atoms with E-state index in [-0.39, 0.29) is 5.91 Å². The lowest BCUT2D eigenvalue weighted by Gasteiger charge is -2.21. The Labute approximate surface area is 102 Å². The zero-order chi connectivity index (χ0) is 12.7. The Morgan fingerprint density at radius 1 is 1.41 bits per heavy atom. The van der Waals surface area contributed by atoms with Crippen molar-refractivity contribution in [2.45, 2.75) is 26.7 Å². The van der Waals surface area contributed by atoms with Gasteiger partial charge in [0.2, 0.25) is 0 Å². The van der Waals surface area contributed by atoms with Crippen LogP contribution < -0.4 is 11.3 Å². The van der Waals surface area contributed by atoms with Crippen molar-refractivity contribution in [3.05, 3.63) is 23.9 Å². The molecule has 0 aromatic carbocycles. The number of nitrogens with two attached hydrogens (primary N) is 1. The van der Waals surface area contributed by atoms with Crippen LogP contribution >= 0.6 is 0 Å². The van der Waals surface area contributed by atoms with Crippen molar-refractivity contribution < 1.29 is 4.79 Å². The number of nitrogens with zero attached hydrogens (tertiary/aromatic N) is 2. The number of amides is 1. The maximum Gasteiger partial charge on any atom is 0.254 e. The van der Waals surface area contributed by atoms with Crippen LogP contribution in [0.1, 0.15) is 37.0 Å². The number of aromatic nitrogens is 1. The molecule has 1 rings (SSSR count). The van der Waals surface area contributed by atoms with Gasteiger partial charge in [-0.1, -0.05) is 13.8 Å². The van der Waals surface area contributed by atoms with Gasteiger partial charge in [-0.25, -0.2) is 10.8 Å². The standard InChI is InChI=1S/C12H20N4O/c1-3-7-16(8-4-2)12(17)10-5-6-14-11(9-10)15-13/h5-6,9H,3-4,7-8,13H2,1-2H3,(H,14,15). The maximum atomic E-state index is 12.2. The number of nitrogen functional groups attached to an aromatic ring is 1. The molecule has 0 aliphatic rings. The molecule has 17 heavy (non-hydrogen) atoms. The summed E-state index contributed by atoms with van der Waals surface area (Å²) in [6, 6.07) is 3.38. The summed E-state index contributed by atoms with van der Waals surface area (Å²) in [5, 5.41) is 0. The Balaban J connectivity index is 2.84. The topological polar surface area (TPSA) is 71.2 Å². The van der Waals surface area contributed by atoms with E-state index in [1.165, 1.54) is 0 Å². The summed E-state index contributed by atoms with van der Waals surface area (Å²) in [5.41, 5.74) is 3.06. The first-order valence-electron chi connectivity index (χ1n) is 5.94. The van der Waals surface area contributed by atoms with Crippen LogP contribution in [-0.2, 0) is 0 Å². The van der Waals surface area contributed by atoms with Gasteiger partial charge in [-0.15, -0.1) is 0 Å². The molecule has 3 N–H and O–H groups in total. The highest BCUT2D eigenvalue weighted by atomic mass is 16.2. The van der Waals surface area contributed by atoms with E-state index in [9.17, 15) is 4.79 Å². The molecule has 1 amide bonds. The Hall–Kier alpha value is -1.62. The van der Waals surface area contributed by atoms with Crippen molar-refractivity contribution in [3.8, 4) is 0 Å². The molecule has 0 aliphatic heterocycles. The van der Waals surface area contributed by atoms with Crippen LogP contribution in [0, 0.1) is 0 Å². The first-order chi connectivity index (χ1) is 8.22. The molecule has 0 radical (unpaired) electrons. The van der Waals surface area contributed by atoms with Gasteiger partial charge in [0.1, 0.15) is 5.82 Å². The average Bonchev–Trinajstić information content (AvgIpc) is 2.38. The van der Waals surface area contributed by atoms with Crippen LogP contribution in [0.25, 0.3) is 0 Å². The third-order valence-corrected chi connectivity index (χ3v) is 2.43. The highest BCUT2D eigenvalue weighted by Crippen LogP contribution is 2.09. The molecule has 94 valence electrons. The van der Waals surface area contributed by atoms with Gasteiger partial charge in [-0.3, -0.25) is 4.79 Å². The largest absolute Gasteiger partial charge is 0.339 e. The summed E-state index contributed by atoms with van der Waals surface area (Å²) in [6.07, 6.45) is 3.50. The van der Waals surface area contributed by atoms with E-state index in [2.05, 4.69) is 24.3 Å². The lowest BCUT2D eigenvalue weighted by Crippen LogP contribution is -2.32. The van der Waals surface area contributed by atoms with Gasteiger partial charge in [-0.2, -0.15) is 0 Å². The van der Waals surface area contributed by atoms with Crippen molar-refractivity contribution in [2.75, 3.05) is 18.5 Å². The van der Waals surface area contributed by atoms with Crippen LogP contribution in [0.5, 0.6) is 0 Å². The summed E-state index contributed by atoms with van der Waals surface area (Å²) < 4.78 is 0. The number of anilines is 1. The highest BCUT2D eigenvalue weighted by Gasteiger charge is 2.14. The predicted octanol–water partition coefficient (Wildman–Crippen LogP) is 1.63. The third kappa shape index (κ3) is 3.71. The van der Waals surface area contributed by atoms with Crippen molar-refractivity contribution in [1.29, 1.82) is 0 Å². The van der Waals surface area contributed by atoms with Gasteiger partial charge in [-0.05, 0) is 25.0 Å². The zero-order valence-corrected chi connectivity index (χ0v) is 10.4. The molecule has 1 heterocycles. The first-order valence-corrected chi connectivity index (χ1v) is 5.94. The van der Waals surface area contributed by atoms with E-state index in [1.54, 1.807) is 18.3 Å². The zero-order valence-electron chi connectivity index (χ0n) is 10.4. The van der Waals surface area contributed by atoms with Gasteiger partial charge >= 0.3 is 0 Å². The lowest BCUT2D eigenvalue weighted by atomic mass is 10.2. The molecule has 0 aliphatic carbocycles. The Morgan fingerprint density at radius 3 is 2.59 bits per heavy atom. The first kappa shape index (κ1) is 13.4. The number of nitrogens with one attached hydrogen (secondary N) is 1. The number of hydrogen-bond acceptors (Lipinski definition) is 4. The van der Waals surface area contributed by atoms with Crippen LogP contribution in [0.3, 0.4) is 0 Å². The van der Waals surface area contributed by atoms with Crippen molar-refractivity contribution >= 4 is 11.7 Å². The second-order valence-corrected chi connectivity index (χ2v) is 3.87. The molecule has 0 saturated heterocycles. The van der Waals surface area contributed by atoms with Gasteiger partial charge < -0.3 is 10.3 Å². The Morgan fingerprint density at radius 2 is 2.06 bits per heavy atom. The molecule has 5 nitrogen and oxygen atoms in total. The molecule has 0 fully saturated rings. The number of carbonyl (C=O) groups excluding carboxylic acids is 1. The SMILES string of the molecule is CCCN(CCC)C(=O)c1ccnc(NN)c1. The van der Waals surface area contributed by atoms with E-state index >= 15 is 0 Å². The Bertz CT molecular complexity index is 361. The molecule has 0 saturated carbocycles. The fraction of sp³-hybridized carbons (Fsp3) is 0.500. The van der Waals surface area contributed by atoms with Crippen LogP contribution in [0.2, 0.25) is 0 Å². The molecule has 1 aromatic rings. The Kier molecular flexibility index (Phi) is 5.42. The molecule has 5 heteroatoms. The van der Waals surface area contributed by atoms with Crippen LogP contribution in [-0.4, -0.2) is 28.9 Å². The van der Waals surface area contributed by atoms with Gasteiger partial charge in [0, 0.05) is 24.8 Å². The number of hydrogen-bond donors (Lipinski definition) is 2. The summed E-state index contributed by atoms with van der Waals surface area (Å²) in [5.74, 6) is 5.81. The summed E-state index contributed by atoms with van der Waals surface area (Å²) in [7, 11) is 0. The fourth-order valence-electron chi connectivity index (χ4n) is 1.68. The molecule has 0 spiro atoms. The molecule has 0 bridgehead atoms. The second kappa shape index (κ2) is 6.85. The van der Waals surface area contributed by atoms with E-state index in [4.69, 9.17) is 5.84 Å². The molecule has 0 unspecified atom stereocenters. The molecular formula is C12H20N4O. The van der Waals surface area contributed by atoms with Gasteiger partial charge in [0.15, 0.2) is 0 Å². The monoisotopic (exact) mass is 236 g/mol. The summed E-state index contributed by atoms with van der Waals surface area (Å²) in [6.45, 7) is 5.69. The quantitative estimate of drug-likeness (QED) is 0.581. The minimum Gasteiger partial charge on any atom is -0.339 e. The lowest BCUT2D eigenvalue weighted by molar-refractivity contribution is 0.0755. The third-order valence-electron chi connectivity index (χ3n) is 2.43. The number of rotatable bonds is 6. The molecule has 0 atom stereocenters. The van der Waals surface area contributed by atoms with Crippen LogP contribution in [0.15, 0.2) is 18.3 Å². The average molecular weight is 236 g/mol. The number of carbonyl (C=O) groups is 1. The minimum atomic E-state index is 0.0348. The van der Waals surface area contributed by atoms with E-state index in [0.29, 0.717) is 11.4 Å². The van der Waals surface area contributed by atoms with E-state index in [0.717, 1.165) is 25.9 Å². The van der Waals surface area contributed by atoms with Gasteiger partial charge in [0.05, 0.1) is 0 Å². The second-order valence-electron chi connectivity index (χ2n) is 3.87. The van der Waals surface area contributed by atoms with E-state index < -0.39 is 0 Å². The minimum absolute atomic E-state index is 0.0348. The highest BCUT2D eigenvalue weighted by molar-refractivity contribution is 5.94. The molecule has 1 aromatic heterocycles. The maximum absolute atomic E-state index is 12.2. The van der Waals surface area contributed by atoms with Crippen molar-refractivity contribution in [2.24, 2.45) is 5.84 Å². The normalized spacial score (nSPS) is 10.1. The van der Waals surface area contributed by atoms with Gasteiger partial charge in [0.25, 0.3) is 5.91 Å².